The van der Waals surface area contributed by atoms with Gasteiger partial charge in [-0.1, -0.05) is 0 Å². The Hall–Kier alpha value is -3.78. The molecule has 0 aromatic carbocycles. The van der Waals surface area contributed by atoms with Crippen LogP contribution in [0.3, 0.4) is 0 Å². The molecule has 0 aromatic rings. The van der Waals surface area contributed by atoms with E-state index in [1.165, 1.54) is 0 Å². The van der Waals surface area contributed by atoms with Crippen LogP contribution in [0.25, 0.3) is 0 Å². The summed E-state index contributed by atoms with van der Waals surface area (Å²) in [6.07, 6.45) is 1.84. The average molecular weight is 1440 g/mol. The molecule has 2 rings (SSSR count). The maximum Gasteiger partial charge on any atom is 0.335 e. The number of hydrogen-bond acceptors (Lipinski definition) is 33. The Bertz CT molecular complexity index is 1700. The summed E-state index contributed by atoms with van der Waals surface area (Å²) in [5.41, 5.74) is 0. The van der Waals surface area contributed by atoms with Crippen molar-refractivity contribution in [2.24, 2.45) is 0 Å². The minimum absolute atomic E-state index is 0.0502. The van der Waals surface area contributed by atoms with Crippen LogP contribution >= 0.6 is 0 Å². The van der Waals surface area contributed by atoms with Gasteiger partial charge in [0.1, 0.15) is 0 Å². The highest BCUT2D eigenvalue weighted by Crippen LogP contribution is 2.14. The summed E-state index contributed by atoms with van der Waals surface area (Å²) in [7, 11) is 0. The average Bonchev–Trinajstić information content (AvgIpc) is 1.77. The zero-order valence-electron chi connectivity index (χ0n) is 58.4. The van der Waals surface area contributed by atoms with E-state index in [1.54, 1.807) is 0 Å². The van der Waals surface area contributed by atoms with Crippen molar-refractivity contribution in [3.8, 4) is 0 Å². The van der Waals surface area contributed by atoms with Gasteiger partial charge in [-0.3, -0.25) is 19.2 Å². The second kappa shape index (κ2) is 74.0. The summed E-state index contributed by atoms with van der Waals surface area (Å²) >= 11 is 0. The van der Waals surface area contributed by atoms with E-state index in [0.29, 0.717) is 314 Å². The summed E-state index contributed by atoms with van der Waals surface area (Å²) in [6.45, 7) is 22.0. The van der Waals surface area contributed by atoms with Crippen molar-refractivity contribution >= 4 is 35.6 Å². The minimum Gasteiger partial charge on any atom is -0.379 e. The number of unbranched alkanes of at least 4 members (excludes halogenated alkanes) is 1. The van der Waals surface area contributed by atoms with Crippen LogP contribution in [-0.2, 0) is 157 Å². The Kier molecular flexibility index (Phi) is 68.2. The summed E-state index contributed by atoms with van der Waals surface area (Å²) in [5.74, 6) is -3.48. The van der Waals surface area contributed by atoms with Gasteiger partial charge in [0.25, 0.3) is 23.6 Å². The van der Waals surface area contributed by atoms with Crippen LogP contribution in [0, 0.1) is 0 Å². The molecule has 0 saturated carbocycles. The van der Waals surface area contributed by atoms with Gasteiger partial charge in [0.05, 0.1) is 330 Å². The van der Waals surface area contributed by atoms with E-state index >= 15 is 0 Å². The maximum absolute atomic E-state index is 11.7. The molecular formula is C64H116N2O33. The van der Waals surface area contributed by atoms with Crippen LogP contribution < -0.4 is 0 Å². The molecule has 0 aliphatic carbocycles. The van der Waals surface area contributed by atoms with E-state index in [9.17, 15) is 28.8 Å². The number of hydroxylamine groups is 4. The van der Waals surface area contributed by atoms with E-state index in [-0.39, 0.29) is 65.0 Å². The standard InChI is InChI=1S/C64H116N2O33/c67-59-3-4-60(68)65(59)98-63(71)7-11-75-15-19-79-23-27-83-31-35-87-39-43-91-47-51-95-55-53-93-49-45-89-41-37-85-33-29-81-25-21-77-17-13-73-9-1-2-10-74-14-18-78-22-26-82-30-34-86-38-42-90-46-50-94-54-57-97-58-56-96-52-48-92-44-40-88-36-32-84-28-24-80-20-16-76-12-8-64(72)99-66-61(69)5-6-62(66)70/h1-58H2. The quantitative estimate of drug-likeness (QED) is 0.0579. The Labute approximate surface area is 582 Å². The van der Waals surface area contributed by atoms with E-state index in [4.69, 9.17) is 128 Å². The number of amides is 4. The Morgan fingerprint density at radius 1 is 0.182 bits per heavy atom. The molecule has 99 heavy (non-hydrogen) atoms. The van der Waals surface area contributed by atoms with Crippen LogP contribution in [0.15, 0.2) is 0 Å². The molecule has 580 valence electrons. The maximum atomic E-state index is 11.7. The molecule has 2 fully saturated rings. The van der Waals surface area contributed by atoms with Gasteiger partial charge in [-0.05, 0) is 12.8 Å². The van der Waals surface area contributed by atoms with Crippen molar-refractivity contribution in [2.75, 3.05) is 330 Å². The van der Waals surface area contributed by atoms with Crippen LogP contribution in [0.5, 0.6) is 0 Å². The molecule has 0 radical (unpaired) electrons. The number of carbonyl (C=O) groups is 6. The molecule has 2 aliphatic heterocycles. The smallest absolute Gasteiger partial charge is 0.335 e. The minimum atomic E-state index is -0.707. The molecule has 0 bridgehead atoms. The third-order valence-electron chi connectivity index (χ3n) is 12.7. The van der Waals surface area contributed by atoms with Gasteiger partial charge in [-0.15, -0.1) is 10.1 Å². The van der Waals surface area contributed by atoms with Crippen LogP contribution in [-0.4, -0.2) is 376 Å². The molecule has 0 unspecified atom stereocenters. The van der Waals surface area contributed by atoms with Crippen molar-refractivity contribution < 1.29 is 157 Å². The van der Waals surface area contributed by atoms with Crippen LogP contribution in [0.4, 0.5) is 0 Å². The Morgan fingerprint density at radius 2 is 0.293 bits per heavy atom. The lowest BCUT2D eigenvalue weighted by Gasteiger charge is -2.12. The van der Waals surface area contributed by atoms with Crippen LogP contribution in [0.2, 0.25) is 0 Å². The first-order valence-electron chi connectivity index (χ1n) is 34.4. The van der Waals surface area contributed by atoms with Gasteiger partial charge in [0, 0.05) is 38.9 Å². The van der Waals surface area contributed by atoms with Gasteiger partial charge in [0.2, 0.25) is 0 Å². The van der Waals surface area contributed by atoms with Gasteiger partial charge < -0.3 is 128 Å². The van der Waals surface area contributed by atoms with E-state index < -0.39 is 35.6 Å². The Balaban J connectivity index is 1.09. The largest absolute Gasteiger partial charge is 0.379 e. The number of carbonyl (C=O) groups excluding carboxylic acids is 6. The number of rotatable bonds is 82. The SMILES string of the molecule is O=C(CCOCCOCCOCCOCCOCCOCCOCCOCCOCCOCCOCCOCCCCOCCOCCOCCOCCOCCOCCOCCOCCOCCOCCOCCOCCOCCC(=O)ON1C(=O)CCC1=O)ON1C(=O)CCC1=O. The van der Waals surface area contributed by atoms with Crippen molar-refractivity contribution in [1.82, 2.24) is 10.1 Å². The number of nitrogens with zero attached hydrogens (tertiary/aromatic N) is 2. The summed E-state index contributed by atoms with van der Waals surface area (Å²) in [5, 5.41) is 1.03. The van der Waals surface area contributed by atoms with Gasteiger partial charge in [-0.25, -0.2) is 9.59 Å². The lowest BCUT2D eigenvalue weighted by Crippen LogP contribution is -2.32. The van der Waals surface area contributed by atoms with E-state index in [0.717, 1.165) is 12.8 Å². The summed E-state index contributed by atoms with van der Waals surface area (Å²) < 4.78 is 137. The molecule has 0 aromatic heterocycles. The first-order chi connectivity index (χ1) is 48.9. The van der Waals surface area contributed by atoms with Gasteiger partial charge >= 0.3 is 11.9 Å². The highest BCUT2D eigenvalue weighted by atomic mass is 16.7. The highest BCUT2D eigenvalue weighted by molar-refractivity contribution is 6.02. The molecule has 0 spiro atoms. The fourth-order valence-electron chi connectivity index (χ4n) is 7.59. The Morgan fingerprint density at radius 3 is 0.424 bits per heavy atom. The van der Waals surface area contributed by atoms with Crippen molar-refractivity contribution in [2.45, 2.75) is 51.4 Å². The second-order valence-corrected chi connectivity index (χ2v) is 20.6. The zero-order valence-corrected chi connectivity index (χ0v) is 58.4. The normalized spacial score (nSPS) is 13.4. The first kappa shape index (κ1) is 91.3. The van der Waals surface area contributed by atoms with Crippen LogP contribution in [0.1, 0.15) is 51.4 Å². The van der Waals surface area contributed by atoms with Crippen molar-refractivity contribution in [3.63, 3.8) is 0 Å². The molecule has 2 saturated heterocycles. The van der Waals surface area contributed by atoms with E-state index in [2.05, 4.69) is 0 Å². The van der Waals surface area contributed by atoms with Gasteiger partial charge in [-0.2, -0.15) is 0 Å². The van der Waals surface area contributed by atoms with Gasteiger partial charge in [0.15, 0.2) is 0 Å². The predicted octanol–water partition coefficient (Wildman–Crippen LogP) is 0.176. The predicted molar refractivity (Wildman–Crippen MR) is 343 cm³/mol. The summed E-state index contributed by atoms with van der Waals surface area (Å²) in [6, 6.07) is 0. The van der Waals surface area contributed by atoms with E-state index in [1.807, 2.05) is 0 Å². The summed E-state index contributed by atoms with van der Waals surface area (Å²) in [4.78, 5) is 78.7. The lowest BCUT2D eigenvalue weighted by molar-refractivity contribution is -0.198. The fourth-order valence-corrected chi connectivity index (χ4v) is 7.59. The zero-order chi connectivity index (χ0) is 70.7. The fraction of sp³-hybridized carbons (Fsp3) is 0.906. The molecule has 0 N–H and O–H groups in total. The third kappa shape index (κ3) is 63.6. The first-order valence-corrected chi connectivity index (χ1v) is 34.4. The third-order valence-corrected chi connectivity index (χ3v) is 12.7. The topological polar surface area (TPSA) is 358 Å². The number of hydrogen-bond donors (Lipinski definition) is 0. The molecule has 4 amide bonds. The van der Waals surface area contributed by atoms with Crippen molar-refractivity contribution in [1.29, 1.82) is 0 Å². The monoisotopic (exact) mass is 1440 g/mol. The molecule has 35 nitrogen and oxygen atoms in total. The molecular weight excluding hydrogens is 1320 g/mol. The second-order valence-electron chi connectivity index (χ2n) is 20.6. The number of imide groups is 2. The molecule has 0 atom stereocenters. The molecule has 2 aliphatic rings. The molecule has 35 heteroatoms. The highest BCUT2D eigenvalue weighted by Gasteiger charge is 2.33. The lowest BCUT2D eigenvalue weighted by atomic mass is 10.3. The number of ether oxygens (including phenoxy) is 25. The van der Waals surface area contributed by atoms with Crippen molar-refractivity contribution in [3.05, 3.63) is 0 Å². The molecule has 2 heterocycles.